The summed E-state index contributed by atoms with van der Waals surface area (Å²) in [6.07, 6.45) is 3.45. The summed E-state index contributed by atoms with van der Waals surface area (Å²) in [4.78, 5) is 0.388. The number of rotatable bonds is 3. The van der Waals surface area contributed by atoms with E-state index in [1.54, 1.807) is 31.2 Å². The molecule has 82 valence electrons. The molecule has 0 aliphatic rings. The second-order valence-corrected chi connectivity index (χ2v) is 5.89. The van der Waals surface area contributed by atoms with E-state index < -0.39 is 15.1 Å². The minimum absolute atomic E-state index is 0.388. The third-order valence-corrected chi connectivity index (χ3v) is 4.37. The number of sulfone groups is 1. The van der Waals surface area contributed by atoms with Crippen molar-refractivity contribution in [3.8, 4) is 0 Å². The molecule has 0 radical (unpaired) electrons. The second-order valence-electron chi connectivity index (χ2n) is 3.59. The van der Waals surface area contributed by atoms with Crippen molar-refractivity contribution in [3.63, 3.8) is 0 Å². The number of allylic oxidation sites excluding steroid dienone is 1. The SMILES string of the molecule is CC=CC(C)S(=O)(=O)c1ccc(C)cc1. The van der Waals surface area contributed by atoms with Crippen LogP contribution in [0.1, 0.15) is 19.4 Å². The van der Waals surface area contributed by atoms with E-state index in [4.69, 9.17) is 0 Å². The third-order valence-electron chi connectivity index (χ3n) is 2.30. The van der Waals surface area contributed by atoms with Gasteiger partial charge in [0.05, 0.1) is 10.1 Å². The fraction of sp³-hybridized carbons (Fsp3) is 0.333. The summed E-state index contributed by atoms with van der Waals surface area (Å²) in [7, 11) is -3.20. The van der Waals surface area contributed by atoms with Crippen molar-refractivity contribution >= 4 is 9.84 Å². The molecule has 15 heavy (non-hydrogen) atoms. The highest BCUT2D eigenvalue weighted by Crippen LogP contribution is 2.17. The summed E-state index contributed by atoms with van der Waals surface area (Å²) in [5.74, 6) is 0. The van der Waals surface area contributed by atoms with E-state index >= 15 is 0 Å². The largest absolute Gasteiger partial charge is 0.223 e. The normalized spacial score (nSPS) is 14.3. The van der Waals surface area contributed by atoms with Crippen LogP contribution in [0, 0.1) is 6.92 Å². The van der Waals surface area contributed by atoms with E-state index in [2.05, 4.69) is 0 Å². The van der Waals surface area contributed by atoms with Crippen molar-refractivity contribution < 1.29 is 8.42 Å². The van der Waals surface area contributed by atoms with Crippen LogP contribution in [-0.2, 0) is 9.84 Å². The Morgan fingerprint density at radius 3 is 2.20 bits per heavy atom. The van der Waals surface area contributed by atoms with Crippen LogP contribution in [-0.4, -0.2) is 13.7 Å². The topological polar surface area (TPSA) is 34.1 Å². The Kier molecular flexibility index (Phi) is 3.69. The quantitative estimate of drug-likeness (QED) is 0.740. The van der Waals surface area contributed by atoms with Gasteiger partial charge < -0.3 is 0 Å². The maximum atomic E-state index is 12.0. The Morgan fingerprint density at radius 2 is 1.73 bits per heavy atom. The molecule has 0 fully saturated rings. The van der Waals surface area contributed by atoms with E-state index in [9.17, 15) is 8.42 Å². The zero-order chi connectivity index (χ0) is 11.5. The maximum Gasteiger partial charge on any atom is 0.184 e. The molecule has 0 N–H and O–H groups in total. The Balaban J connectivity index is 3.11. The van der Waals surface area contributed by atoms with Crippen LogP contribution in [0.15, 0.2) is 41.3 Å². The Bertz CT molecular complexity index is 441. The van der Waals surface area contributed by atoms with E-state index in [0.717, 1.165) is 5.56 Å². The lowest BCUT2D eigenvalue weighted by molar-refractivity contribution is 0.591. The summed E-state index contributed by atoms with van der Waals surface area (Å²) in [6.45, 7) is 5.45. The van der Waals surface area contributed by atoms with Gasteiger partial charge in [0, 0.05) is 0 Å². The average Bonchev–Trinajstić information content (AvgIpc) is 2.18. The van der Waals surface area contributed by atoms with Crippen molar-refractivity contribution in [2.45, 2.75) is 30.9 Å². The average molecular weight is 224 g/mol. The van der Waals surface area contributed by atoms with Gasteiger partial charge in [-0.05, 0) is 32.9 Å². The summed E-state index contributed by atoms with van der Waals surface area (Å²) < 4.78 is 24.0. The monoisotopic (exact) mass is 224 g/mol. The summed E-state index contributed by atoms with van der Waals surface area (Å²) >= 11 is 0. The van der Waals surface area contributed by atoms with Gasteiger partial charge in [-0.3, -0.25) is 0 Å². The molecule has 1 aromatic carbocycles. The van der Waals surface area contributed by atoms with Gasteiger partial charge in [0.15, 0.2) is 9.84 Å². The molecule has 0 aliphatic heterocycles. The second kappa shape index (κ2) is 4.62. The molecule has 0 amide bonds. The fourth-order valence-corrected chi connectivity index (χ4v) is 2.63. The van der Waals surface area contributed by atoms with Crippen LogP contribution in [0.2, 0.25) is 0 Å². The molecular formula is C12H16O2S. The lowest BCUT2D eigenvalue weighted by atomic mass is 10.2. The number of hydrogen-bond donors (Lipinski definition) is 0. The van der Waals surface area contributed by atoms with Crippen molar-refractivity contribution in [1.29, 1.82) is 0 Å². The molecule has 1 aromatic rings. The van der Waals surface area contributed by atoms with Gasteiger partial charge >= 0.3 is 0 Å². The number of aryl methyl sites for hydroxylation is 1. The molecule has 3 heteroatoms. The van der Waals surface area contributed by atoms with Gasteiger partial charge in [-0.2, -0.15) is 0 Å². The van der Waals surface area contributed by atoms with Crippen molar-refractivity contribution in [2.75, 3.05) is 0 Å². The third kappa shape index (κ3) is 2.69. The Labute approximate surface area is 91.6 Å². The zero-order valence-corrected chi connectivity index (χ0v) is 10.1. The highest BCUT2D eigenvalue weighted by atomic mass is 32.2. The fourth-order valence-electron chi connectivity index (χ4n) is 1.32. The standard InChI is InChI=1S/C12H16O2S/c1-4-5-11(3)15(13,14)12-8-6-10(2)7-9-12/h4-9,11H,1-3H3. The van der Waals surface area contributed by atoms with Crippen molar-refractivity contribution in [1.82, 2.24) is 0 Å². The van der Waals surface area contributed by atoms with Crippen LogP contribution in [0.25, 0.3) is 0 Å². The van der Waals surface area contributed by atoms with Crippen LogP contribution < -0.4 is 0 Å². The van der Waals surface area contributed by atoms with Crippen molar-refractivity contribution in [2.24, 2.45) is 0 Å². The number of hydrogen-bond acceptors (Lipinski definition) is 2. The van der Waals surface area contributed by atoms with Crippen LogP contribution in [0.4, 0.5) is 0 Å². The minimum Gasteiger partial charge on any atom is -0.223 e. The van der Waals surface area contributed by atoms with Crippen molar-refractivity contribution in [3.05, 3.63) is 42.0 Å². The van der Waals surface area contributed by atoms with Crippen LogP contribution >= 0.6 is 0 Å². The van der Waals surface area contributed by atoms with E-state index in [0.29, 0.717) is 4.90 Å². The maximum absolute atomic E-state index is 12.0. The van der Waals surface area contributed by atoms with Gasteiger partial charge in [0.1, 0.15) is 0 Å². The molecular weight excluding hydrogens is 208 g/mol. The molecule has 0 saturated heterocycles. The van der Waals surface area contributed by atoms with Crippen LogP contribution in [0.5, 0.6) is 0 Å². The predicted molar refractivity (Wildman–Crippen MR) is 62.6 cm³/mol. The summed E-state index contributed by atoms with van der Waals surface area (Å²) in [6, 6.07) is 6.94. The molecule has 1 atom stereocenters. The molecule has 0 aromatic heterocycles. The first kappa shape index (κ1) is 12.0. The molecule has 0 spiro atoms. The van der Waals surface area contributed by atoms with Gasteiger partial charge in [0.25, 0.3) is 0 Å². The Morgan fingerprint density at radius 1 is 1.20 bits per heavy atom. The highest BCUT2D eigenvalue weighted by Gasteiger charge is 2.20. The van der Waals surface area contributed by atoms with E-state index in [-0.39, 0.29) is 0 Å². The lowest BCUT2D eigenvalue weighted by Gasteiger charge is -2.08. The lowest BCUT2D eigenvalue weighted by Crippen LogP contribution is -2.15. The molecule has 1 unspecified atom stereocenters. The van der Waals surface area contributed by atoms with Crippen LogP contribution in [0.3, 0.4) is 0 Å². The predicted octanol–water partition coefficient (Wildman–Crippen LogP) is 2.73. The molecule has 2 nitrogen and oxygen atoms in total. The van der Waals surface area contributed by atoms with Gasteiger partial charge in [0.2, 0.25) is 0 Å². The smallest absolute Gasteiger partial charge is 0.184 e. The van der Waals surface area contributed by atoms with E-state index in [1.807, 2.05) is 26.0 Å². The molecule has 0 heterocycles. The Hall–Kier alpha value is -1.09. The first-order chi connectivity index (χ1) is 6.98. The molecule has 0 bridgehead atoms. The molecule has 0 aliphatic carbocycles. The van der Waals surface area contributed by atoms with Gasteiger partial charge in [-0.15, -0.1) is 0 Å². The number of benzene rings is 1. The van der Waals surface area contributed by atoms with Gasteiger partial charge in [-0.25, -0.2) is 8.42 Å². The first-order valence-electron chi connectivity index (χ1n) is 4.92. The van der Waals surface area contributed by atoms with E-state index in [1.165, 1.54) is 0 Å². The summed E-state index contributed by atoms with van der Waals surface area (Å²) in [5, 5.41) is -0.467. The summed E-state index contributed by atoms with van der Waals surface area (Å²) in [5.41, 5.74) is 1.06. The minimum atomic E-state index is -3.20. The first-order valence-corrected chi connectivity index (χ1v) is 6.46. The molecule has 0 saturated carbocycles. The van der Waals surface area contributed by atoms with Gasteiger partial charge in [-0.1, -0.05) is 29.8 Å². The zero-order valence-electron chi connectivity index (χ0n) is 9.27. The molecule has 1 rings (SSSR count). The highest BCUT2D eigenvalue weighted by molar-refractivity contribution is 7.92.